The molecule has 3 rings (SSSR count). The van der Waals surface area contributed by atoms with Gasteiger partial charge >= 0.3 is 6.09 Å². The summed E-state index contributed by atoms with van der Waals surface area (Å²) in [6.07, 6.45) is 1.40. The van der Waals surface area contributed by atoms with E-state index >= 15 is 0 Å². The SMILES string of the molecule is C.Cc1nc2c(OCc3c(F)cccc3F)cc(Cl)cn2c1C(=O)NCCC(C)(C)NC(=O)OC(C)(C)C. The number of benzene rings is 1. The number of amides is 2. The summed E-state index contributed by atoms with van der Waals surface area (Å²) in [5.41, 5.74) is -0.580. The van der Waals surface area contributed by atoms with Gasteiger partial charge in [-0.1, -0.05) is 25.1 Å². The fourth-order valence-electron chi connectivity index (χ4n) is 3.61. The monoisotopic (exact) mass is 552 g/mol. The maximum atomic E-state index is 14.0. The van der Waals surface area contributed by atoms with Gasteiger partial charge in [0, 0.05) is 24.3 Å². The number of aryl methyl sites for hydroxylation is 1. The van der Waals surface area contributed by atoms with Crippen LogP contribution in [0.1, 0.15) is 70.2 Å². The summed E-state index contributed by atoms with van der Waals surface area (Å²) in [6.45, 7) is 10.5. The van der Waals surface area contributed by atoms with Crippen LogP contribution in [0.25, 0.3) is 5.65 Å². The number of rotatable bonds is 8. The van der Waals surface area contributed by atoms with E-state index < -0.39 is 34.8 Å². The average molecular weight is 553 g/mol. The highest BCUT2D eigenvalue weighted by atomic mass is 35.5. The number of carbonyl (C=O) groups is 2. The molecule has 0 saturated carbocycles. The van der Waals surface area contributed by atoms with E-state index in [0.29, 0.717) is 12.1 Å². The van der Waals surface area contributed by atoms with Crippen molar-refractivity contribution in [2.24, 2.45) is 0 Å². The summed E-state index contributed by atoms with van der Waals surface area (Å²) in [5, 5.41) is 5.87. The van der Waals surface area contributed by atoms with Crippen LogP contribution in [-0.2, 0) is 11.3 Å². The second kappa shape index (κ2) is 12.0. The lowest BCUT2D eigenvalue weighted by Gasteiger charge is -2.28. The molecule has 0 saturated heterocycles. The van der Waals surface area contributed by atoms with E-state index in [0.717, 1.165) is 12.1 Å². The fourth-order valence-corrected chi connectivity index (χ4v) is 3.81. The second-order valence-electron chi connectivity index (χ2n) is 10.3. The van der Waals surface area contributed by atoms with Gasteiger partial charge in [0.2, 0.25) is 0 Å². The molecule has 3 aromatic rings. The molecule has 0 atom stereocenters. The van der Waals surface area contributed by atoms with Gasteiger partial charge in [-0.25, -0.2) is 18.6 Å². The number of nitrogens with one attached hydrogen (secondary N) is 2. The van der Waals surface area contributed by atoms with Crippen molar-refractivity contribution >= 4 is 29.2 Å². The van der Waals surface area contributed by atoms with Crippen LogP contribution in [0.2, 0.25) is 5.02 Å². The van der Waals surface area contributed by atoms with E-state index in [-0.39, 0.29) is 48.3 Å². The van der Waals surface area contributed by atoms with Crippen LogP contribution in [0, 0.1) is 18.6 Å². The zero-order chi connectivity index (χ0) is 27.5. The van der Waals surface area contributed by atoms with Crippen LogP contribution in [0.15, 0.2) is 30.5 Å². The Bertz CT molecular complexity index is 1300. The largest absolute Gasteiger partial charge is 0.485 e. The van der Waals surface area contributed by atoms with Crippen LogP contribution < -0.4 is 15.4 Å². The first-order valence-electron chi connectivity index (χ1n) is 11.7. The summed E-state index contributed by atoms with van der Waals surface area (Å²) in [5.74, 6) is -1.71. The number of aromatic nitrogens is 2. The number of alkyl carbamates (subject to hydrolysis) is 1. The van der Waals surface area contributed by atoms with Crippen molar-refractivity contribution in [2.45, 2.75) is 73.1 Å². The van der Waals surface area contributed by atoms with Gasteiger partial charge in [-0.15, -0.1) is 0 Å². The van der Waals surface area contributed by atoms with Gasteiger partial charge in [-0.05, 0) is 60.1 Å². The van der Waals surface area contributed by atoms with Crippen LogP contribution in [0.3, 0.4) is 0 Å². The first kappa shape index (κ1) is 30.8. The second-order valence-corrected chi connectivity index (χ2v) is 10.7. The number of pyridine rings is 1. The molecule has 0 fully saturated rings. The lowest BCUT2D eigenvalue weighted by molar-refractivity contribution is 0.0468. The maximum Gasteiger partial charge on any atom is 0.408 e. The van der Waals surface area contributed by atoms with Gasteiger partial charge in [-0.3, -0.25) is 9.20 Å². The van der Waals surface area contributed by atoms with Crippen molar-refractivity contribution in [3.8, 4) is 5.75 Å². The average Bonchev–Trinajstić information content (AvgIpc) is 3.06. The van der Waals surface area contributed by atoms with E-state index in [4.69, 9.17) is 21.1 Å². The number of nitrogens with zero attached hydrogens (tertiary/aromatic N) is 2. The van der Waals surface area contributed by atoms with Crippen molar-refractivity contribution < 1.29 is 27.8 Å². The van der Waals surface area contributed by atoms with Crippen molar-refractivity contribution in [3.63, 3.8) is 0 Å². The summed E-state index contributed by atoms with van der Waals surface area (Å²) in [4.78, 5) is 29.6. The van der Waals surface area contributed by atoms with Gasteiger partial charge < -0.3 is 20.1 Å². The Morgan fingerprint density at radius 3 is 2.37 bits per heavy atom. The number of imidazole rings is 1. The highest BCUT2D eigenvalue weighted by Gasteiger charge is 2.25. The Hall–Kier alpha value is -3.40. The molecule has 0 aliphatic heterocycles. The van der Waals surface area contributed by atoms with Crippen molar-refractivity contribution in [2.75, 3.05) is 6.54 Å². The molecule has 2 N–H and O–H groups in total. The first-order chi connectivity index (χ1) is 17.2. The van der Waals surface area contributed by atoms with Crippen LogP contribution in [0.5, 0.6) is 5.75 Å². The van der Waals surface area contributed by atoms with Gasteiger partial charge in [0.1, 0.15) is 29.5 Å². The Morgan fingerprint density at radius 2 is 1.76 bits per heavy atom. The molecule has 0 aliphatic rings. The Kier molecular flexibility index (Phi) is 9.72. The normalized spacial score (nSPS) is 11.6. The van der Waals surface area contributed by atoms with E-state index in [1.165, 1.54) is 22.7 Å². The van der Waals surface area contributed by atoms with Gasteiger partial charge in [0.25, 0.3) is 5.91 Å². The van der Waals surface area contributed by atoms with Crippen molar-refractivity contribution in [3.05, 3.63) is 64.1 Å². The van der Waals surface area contributed by atoms with E-state index in [2.05, 4.69) is 15.6 Å². The third-order valence-corrected chi connectivity index (χ3v) is 5.56. The highest BCUT2D eigenvalue weighted by Crippen LogP contribution is 2.28. The molecule has 0 aliphatic carbocycles. The molecule has 0 bridgehead atoms. The molecular weight excluding hydrogens is 518 g/mol. The van der Waals surface area contributed by atoms with Crippen LogP contribution >= 0.6 is 11.6 Å². The van der Waals surface area contributed by atoms with Crippen molar-refractivity contribution in [1.82, 2.24) is 20.0 Å². The van der Waals surface area contributed by atoms with E-state index in [1.807, 2.05) is 13.8 Å². The summed E-state index contributed by atoms with van der Waals surface area (Å²) in [6, 6.07) is 5.02. The van der Waals surface area contributed by atoms with E-state index in [1.54, 1.807) is 27.7 Å². The van der Waals surface area contributed by atoms with Gasteiger partial charge in [-0.2, -0.15) is 0 Å². The van der Waals surface area contributed by atoms with Crippen LogP contribution in [0.4, 0.5) is 13.6 Å². The molecule has 2 amide bonds. The molecule has 0 radical (unpaired) electrons. The summed E-state index contributed by atoms with van der Waals surface area (Å²) < 4.78 is 40.5. The molecule has 38 heavy (non-hydrogen) atoms. The maximum absolute atomic E-state index is 14.0. The zero-order valence-electron chi connectivity index (χ0n) is 21.7. The Balaban J connectivity index is 0.00000507. The summed E-state index contributed by atoms with van der Waals surface area (Å²) in [7, 11) is 0. The standard InChI is InChI=1S/C26H31ClF2N4O4.CH4/c1-15-21(23(34)30-11-10-26(5,6)32-24(35)37-25(2,3)4)33-13-16(27)12-20(22(33)31-15)36-14-17-18(28)8-7-9-19(17)29;/h7-9,12-13H,10-11,14H2,1-6H3,(H,30,34)(H,32,35);1H4. The molecule has 0 unspecified atom stereocenters. The smallest absolute Gasteiger partial charge is 0.408 e. The molecule has 8 nitrogen and oxygen atoms in total. The molecule has 208 valence electrons. The number of ether oxygens (including phenoxy) is 2. The predicted molar refractivity (Wildman–Crippen MR) is 143 cm³/mol. The number of halogens is 3. The van der Waals surface area contributed by atoms with Gasteiger partial charge in [0.05, 0.1) is 16.3 Å². The van der Waals surface area contributed by atoms with Crippen molar-refractivity contribution in [1.29, 1.82) is 0 Å². The summed E-state index contributed by atoms with van der Waals surface area (Å²) >= 11 is 6.25. The van der Waals surface area contributed by atoms with Crippen LogP contribution in [-0.4, -0.2) is 39.1 Å². The molecule has 1 aromatic carbocycles. The Morgan fingerprint density at radius 1 is 1.13 bits per heavy atom. The quantitative estimate of drug-likeness (QED) is 0.346. The lowest BCUT2D eigenvalue weighted by Crippen LogP contribution is -2.47. The molecule has 2 aromatic heterocycles. The fraction of sp³-hybridized carbons (Fsp3) is 0.444. The molecular formula is C27H35ClF2N4O4. The third kappa shape index (κ3) is 7.80. The van der Waals surface area contributed by atoms with Gasteiger partial charge in [0.15, 0.2) is 11.4 Å². The number of fused-ring (bicyclic) bond motifs is 1. The van der Waals surface area contributed by atoms with E-state index in [9.17, 15) is 18.4 Å². The molecule has 2 heterocycles. The molecule has 11 heteroatoms. The highest BCUT2D eigenvalue weighted by molar-refractivity contribution is 6.30. The minimum atomic E-state index is -0.735. The topological polar surface area (TPSA) is 94.0 Å². The minimum Gasteiger partial charge on any atom is -0.485 e. The number of carbonyl (C=O) groups excluding carboxylic acids is 2. The Labute approximate surface area is 226 Å². The molecule has 0 spiro atoms. The number of hydrogen-bond acceptors (Lipinski definition) is 5. The predicted octanol–water partition coefficient (Wildman–Crippen LogP) is 6.21. The zero-order valence-corrected chi connectivity index (χ0v) is 22.4. The third-order valence-electron chi connectivity index (χ3n) is 5.35. The lowest BCUT2D eigenvalue weighted by atomic mass is 10.0. The minimum absolute atomic E-state index is 0. The number of hydrogen-bond donors (Lipinski definition) is 2. The first-order valence-corrected chi connectivity index (χ1v) is 12.1.